The van der Waals surface area contributed by atoms with Crippen LogP contribution < -0.4 is 10.6 Å². The van der Waals surface area contributed by atoms with Crippen LogP contribution in [0.25, 0.3) is 5.65 Å². The average Bonchev–Trinajstić information content (AvgIpc) is 2.97. The molecule has 3 fully saturated rings. The molecule has 0 spiro atoms. The van der Waals surface area contributed by atoms with Crippen LogP contribution in [0, 0.1) is 5.92 Å². The summed E-state index contributed by atoms with van der Waals surface area (Å²) < 4.78 is 2.04. The van der Waals surface area contributed by atoms with Gasteiger partial charge in [0.25, 0.3) is 0 Å². The van der Waals surface area contributed by atoms with Gasteiger partial charge in [-0.2, -0.15) is 0 Å². The summed E-state index contributed by atoms with van der Waals surface area (Å²) in [4.78, 5) is 11.7. The highest BCUT2D eigenvalue weighted by atomic mass is 15.2. The largest absolute Gasteiger partial charge is 0.369 e. The summed E-state index contributed by atoms with van der Waals surface area (Å²) in [6.07, 6.45) is 8.39. The van der Waals surface area contributed by atoms with Crippen molar-refractivity contribution in [3.8, 4) is 0 Å². The van der Waals surface area contributed by atoms with Crippen molar-refractivity contribution in [2.45, 2.75) is 25.8 Å². The predicted molar refractivity (Wildman–Crippen MR) is 83.7 cm³/mol. The summed E-state index contributed by atoms with van der Waals surface area (Å²) in [6, 6.07) is 0.498. The molecular weight excluding hydrogens is 264 g/mol. The third kappa shape index (κ3) is 2.33. The number of fused-ring (bicyclic) bond motifs is 4. The Bertz CT molecular complexity index is 628. The standard InChI is InChI=1S/C15H22N6/c1-2-16-13-10-21-8-5-17-15(21)14(19-13)18-12-9-20-6-3-11(12)4-7-20/h5,8,10-12,16H,2-4,6-7,9H2,1H3,(H,18,19). The van der Waals surface area contributed by atoms with E-state index in [9.17, 15) is 0 Å². The Morgan fingerprint density at radius 3 is 2.90 bits per heavy atom. The van der Waals surface area contributed by atoms with E-state index in [1.165, 1.54) is 25.9 Å². The molecule has 0 radical (unpaired) electrons. The Labute approximate surface area is 124 Å². The maximum atomic E-state index is 4.72. The predicted octanol–water partition coefficient (Wildman–Crippen LogP) is 1.67. The molecular formula is C15H22N6. The number of anilines is 2. The summed E-state index contributed by atoms with van der Waals surface area (Å²) in [6.45, 7) is 6.59. The Hall–Kier alpha value is -1.82. The molecule has 2 aromatic rings. The SMILES string of the molecule is CCNc1cn2ccnc2c(NC2CN3CCC2CC3)n1. The van der Waals surface area contributed by atoms with Gasteiger partial charge in [-0.1, -0.05) is 0 Å². The highest BCUT2D eigenvalue weighted by Crippen LogP contribution is 2.30. The average molecular weight is 286 g/mol. The van der Waals surface area contributed by atoms with Crippen molar-refractivity contribution in [2.24, 2.45) is 5.92 Å². The molecule has 2 bridgehead atoms. The number of imidazole rings is 1. The third-order valence-electron chi connectivity index (χ3n) is 4.71. The number of hydrogen-bond donors (Lipinski definition) is 2. The van der Waals surface area contributed by atoms with Crippen LogP contribution in [0.15, 0.2) is 18.6 Å². The van der Waals surface area contributed by atoms with Gasteiger partial charge in [0.15, 0.2) is 11.5 Å². The minimum absolute atomic E-state index is 0.498. The van der Waals surface area contributed by atoms with Crippen molar-refractivity contribution in [3.63, 3.8) is 0 Å². The lowest BCUT2D eigenvalue weighted by atomic mass is 9.84. The van der Waals surface area contributed by atoms with Crippen molar-refractivity contribution < 1.29 is 0 Å². The highest BCUT2D eigenvalue weighted by molar-refractivity contribution is 5.65. The van der Waals surface area contributed by atoms with Crippen molar-refractivity contribution in [2.75, 3.05) is 36.8 Å². The first kappa shape index (κ1) is 12.9. The van der Waals surface area contributed by atoms with Crippen LogP contribution in [-0.4, -0.2) is 51.5 Å². The Morgan fingerprint density at radius 2 is 2.19 bits per heavy atom. The number of nitrogens with zero attached hydrogens (tertiary/aromatic N) is 4. The normalized spacial score (nSPS) is 28.0. The minimum atomic E-state index is 0.498. The molecule has 2 N–H and O–H groups in total. The van der Waals surface area contributed by atoms with E-state index in [0.717, 1.165) is 36.3 Å². The van der Waals surface area contributed by atoms with Crippen LogP contribution in [0.2, 0.25) is 0 Å². The van der Waals surface area contributed by atoms with Gasteiger partial charge < -0.3 is 19.9 Å². The zero-order chi connectivity index (χ0) is 14.2. The molecule has 1 unspecified atom stereocenters. The maximum Gasteiger partial charge on any atom is 0.180 e. The van der Waals surface area contributed by atoms with E-state index >= 15 is 0 Å². The molecule has 5 heterocycles. The molecule has 6 heteroatoms. The summed E-state index contributed by atoms with van der Waals surface area (Å²) >= 11 is 0. The van der Waals surface area contributed by atoms with Gasteiger partial charge >= 0.3 is 0 Å². The summed E-state index contributed by atoms with van der Waals surface area (Å²) in [5.74, 6) is 2.57. The first-order valence-electron chi connectivity index (χ1n) is 7.90. The second kappa shape index (κ2) is 5.18. The Kier molecular flexibility index (Phi) is 3.18. The van der Waals surface area contributed by atoms with Crippen LogP contribution in [0.5, 0.6) is 0 Å². The molecule has 0 aromatic carbocycles. The molecule has 1 atom stereocenters. The lowest BCUT2D eigenvalue weighted by Gasteiger charge is -2.45. The second-order valence-corrected chi connectivity index (χ2v) is 6.05. The van der Waals surface area contributed by atoms with Crippen molar-refractivity contribution in [1.82, 2.24) is 19.3 Å². The molecule has 0 amide bonds. The lowest BCUT2D eigenvalue weighted by Crippen LogP contribution is -2.53. The van der Waals surface area contributed by atoms with Gasteiger partial charge in [-0.15, -0.1) is 0 Å². The van der Waals surface area contributed by atoms with Crippen molar-refractivity contribution in [1.29, 1.82) is 0 Å². The molecule has 0 aliphatic carbocycles. The topological polar surface area (TPSA) is 57.5 Å². The van der Waals surface area contributed by atoms with Gasteiger partial charge in [-0.05, 0) is 38.8 Å². The van der Waals surface area contributed by atoms with E-state index in [0.29, 0.717) is 6.04 Å². The first-order chi connectivity index (χ1) is 10.3. The monoisotopic (exact) mass is 286 g/mol. The molecule has 0 saturated carbocycles. The fraction of sp³-hybridized carbons (Fsp3) is 0.600. The van der Waals surface area contributed by atoms with E-state index in [-0.39, 0.29) is 0 Å². The molecule has 2 aromatic heterocycles. The molecule has 112 valence electrons. The van der Waals surface area contributed by atoms with Crippen LogP contribution >= 0.6 is 0 Å². The Morgan fingerprint density at radius 1 is 1.33 bits per heavy atom. The molecule has 21 heavy (non-hydrogen) atoms. The van der Waals surface area contributed by atoms with E-state index in [4.69, 9.17) is 4.98 Å². The maximum absolute atomic E-state index is 4.72. The van der Waals surface area contributed by atoms with E-state index in [1.807, 2.05) is 23.0 Å². The Balaban J connectivity index is 1.64. The minimum Gasteiger partial charge on any atom is -0.369 e. The number of piperidine rings is 3. The van der Waals surface area contributed by atoms with Gasteiger partial charge in [-0.25, -0.2) is 9.97 Å². The van der Waals surface area contributed by atoms with Gasteiger partial charge in [0.05, 0.1) is 6.20 Å². The molecule has 6 nitrogen and oxygen atoms in total. The number of rotatable bonds is 4. The van der Waals surface area contributed by atoms with Crippen molar-refractivity contribution in [3.05, 3.63) is 18.6 Å². The van der Waals surface area contributed by atoms with Crippen LogP contribution in [0.3, 0.4) is 0 Å². The fourth-order valence-corrected chi connectivity index (χ4v) is 3.60. The number of hydrogen-bond acceptors (Lipinski definition) is 5. The van der Waals surface area contributed by atoms with Crippen molar-refractivity contribution >= 4 is 17.3 Å². The summed E-state index contributed by atoms with van der Waals surface area (Å²) in [5, 5.41) is 6.96. The first-order valence-corrected chi connectivity index (χ1v) is 7.90. The number of aromatic nitrogens is 3. The van der Waals surface area contributed by atoms with Gasteiger partial charge in [0.2, 0.25) is 0 Å². The lowest BCUT2D eigenvalue weighted by molar-refractivity contribution is 0.0974. The van der Waals surface area contributed by atoms with Crippen LogP contribution in [-0.2, 0) is 0 Å². The third-order valence-corrected chi connectivity index (χ3v) is 4.71. The van der Waals surface area contributed by atoms with E-state index in [2.05, 4.69) is 27.4 Å². The molecule has 3 saturated heterocycles. The van der Waals surface area contributed by atoms with Gasteiger partial charge in [0, 0.05) is 31.5 Å². The van der Waals surface area contributed by atoms with Gasteiger partial charge in [0.1, 0.15) is 5.82 Å². The van der Waals surface area contributed by atoms with E-state index in [1.54, 1.807) is 0 Å². The molecule has 3 aliphatic heterocycles. The highest BCUT2D eigenvalue weighted by Gasteiger charge is 2.34. The smallest absolute Gasteiger partial charge is 0.180 e. The van der Waals surface area contributed by atoms with E-state index < -0.39 is 0 Å². The second-order valence-electron chi connectivity index (χ2n) is 6.05. The summed E-state index contributed by atoms with van der Waals surface area (Å²) in [5.41, 5.74) is 0.910. The summed E-state index contributed by atoms with van der Waals surface area (Å²) in [7, 11) is 0. The van der Waals surface area contributed by atoms with Crippen LogP contribution in [0.4, 0.5) is 11.6 Å². The zero-order valence-electron chi connectivity index (χ0n) is 12.4. The molecule has 5 rings (SSSR count). The van der Waals surface area contributed by atoms with Crippen LogP contribution in [0.1, 0.15) is 19.8 Å². The quantitative estimate of drug-likeness (QED) is 0.895. The zero-order valence-corrected chi connectivity index (χ0v) is 12.4. The fourth-order valence-electron chi connectivity index (χ4n) is 3.60. The number of nitrogens with one attached hydrogen (secondary N) is 2. The van der Waals surface area contributed by atoms with Gasteiger partial charge in [-0.3, -0.25) is 0 Å². The molecule has 3 aliphatic rings.